The smallest absolute Gasteiger partial charge is 0.364 e. The van der Waals surface area contributed by atoms with E-state index >= 15 is 0 Å². The van der Waals surface area contributed by atoms with Crippen LogP contribution >= 0.6 is 0 Å². The van der Waals surface area contributed by atoms with Gasteiger partial charge in [0.05, 0.1) is 13.2 Å². The highest BCUT2D eigenvalue weighted by Crippen LogP contribution is 2.20. The summed E-state index contributed by atoms with van der Waals surface area (Å²) in [5.74, 6) is 0. The Morgan fingerprint density at radius 1 is 1.40 bits per heavy atom. The molecule has 0 radical (unpaired) electrons. The highest BCUT2D eigenvalue weighted by molar-refractivity contribution is 6.67. The van der Waals surface area contributed by atoms with Gasteiger partial charge in [-0.1, -0.05) is 13.3 Å². The summed E-state index contributed by atoms with van der Waals surface area (Å²) in [6, 6.07) is 0. The maximum atomic E-state index is 5.84. The minimum atomic E-state index is -2.16. The molecule has 0 aliphatic carbocycles. The van der Waals surface area contributed by atoms with E-state index in [1.807, 2.05) is 6.55 Å². The summed E-state index contributed by atoms with van der Waals surface area (Å²) in [7, 11) is 1.24. The molecular formula is C10H22O4Si. The van der Waals surface area contributed by atoms with Crippen LogP contribution in [0.25, 0.3) is 0 Å². The normalized spacial score (nSPS) is 22.8. The third kappa shape index (κ3) is 3.84. The zero-order valence-electron chi connectivity index (χ0n) is 10.1. The Morgan fingerprint density at radius 3 is 2.40 bits per heavy atom. The maximum Gasteiger partial charge on any atom is 0.364 e. The van der Waals surface area contributed by atoms with Crippen LogP contribution in [0.1, 0.15) is 19.8 Å². The van der Waals surface area contributed by atoms with Crippen LogP contribution in [0.3, 0.4) is 0 Å². The molecule has 1 heterocycles. The molecule has 0 N–H and O–H groups in total. The monoisotopic (exact) mass is 234 g/mol. The van der Waals surface area contributed by atoms with Crippen LogP contribution < -0.4 is 0 Å². The summed E-state index contributed by atoms with van der Waals surface area (Å²) in [4.78, 5) is 0. The van der Waals surface area contributed by atoms with Crippen molar-refractivity contribution < 1.29 is 18.3 Å². The second-order valence-electron chi connectivity index (χ2n) is 3.99. The van der Waals surface area contributed by atoms with Gasteiger partial charge in [0.25, 0.3) is 0 Å². The van der Waals surface area contributed by atoms with Crippen molar-refractivity contribution in [3.8, 4) is 0 Å². The molecule has 2 atom stereocenters. The number of hydrogen-bond donors (Lipinski definition) is 0. The summed E-state index contributed by atoms with van der Waals surface area (Å²) in [6.07, 6.45) is 2.36. The Bertz CT molecular complexity index is 180. The van der Waals surface area contributed by atoms with E-state index in [1.165, 1.54) is 0 Å². The molecule has 1 saturated heterocycles. The largest absolute Gasteiger partial charge is 0.396 e. The van der Waals surface area contributed by atoms with Crippen LogP contribution in [0.4, 0.5) is 0 Å². The second-order valence-corrected chi connectivity index (χ2v) is 7.48. The first-order chi connectivity index (χ1) is 7.16. The van der Waals surface area contributed by atoms with E-state index in [0.717, 1.165) is 19.4 Å². The van der Waals surface area contributed by atoms with Gasteiger partial charge in [-0.2, -0.15) is 0 Å². The van der Waals surface area contributed by atoms with E-state index in [1.54, 1.807) is 14.2 Å². The van der Waals surface area contributed by atoms with Gasteiger partial charge in [0.1, 0.15) is 11.8 Å². The fourth-order valence-electron chi connectivity index (χ4n) is 1.49. The number of rotatable bonds is 8. The van der Waals surface area contributed by atoms with Crippen LogP contribution in [0.2, 0.25) is 6.55 Å². The predicted molar refractivity (Wildman–Crippen MR) is 60.0 cm³/mol. The zero-order valence-corrected chi connectivity index (χ0v) is 11.1. The lowest BCUT2D eigenvalue weighted by atomic mass is 10.3. The average Bonchev–Trinajstić information content (AvgIpc) is 3.07. The van der Waals surface area contributed by atoms with E-state index in [9.17, 15) is 0 Å². The summed E-state index contributed by atoms with van der Waals surface area (Å²) in [6.45, 7) is 5.68. The highest BCUT2D eigenvalue weighted by Gasteiger charge is 2.41. The standard InChI is InChI=1S/C10H22O4Si/c1-5-6-10(14-8-9-7-13-9)15(4,11-2)12-3/h9-10H,5-8H2,1-4H3. The molecule has 0 spiro atoms. The topological polar surface area (TPSA) is 40.2 Å². The van der Waals surface area contributed by atoms with Crippen molar-refractivity contribution in [2.75, 3.05) is 27.4 Å². The Labute approximate surface area is 93.1 Å². The summed E-state index contributed by atoms with van der Waals surface area (Å²) in [5.41, 5.74) is 0.0988. The van der Waals surface area contributed by atoms with Crippen LogP contribution in [-0.4, -0.2) is 47.8 Å². The van der Waals surface area contributed by atoms with Crippen LogP contribution in [0.15, 0.2) is 0 Å². The summed E-state index contributed by atoms with van der Waals surface area (Å²) < 4.78 is 22.0. The number of hydrogen-bond acceptors (Lipinski definition) is 4. The average molecular weight is 234 g/mol. The molecule has 0 bridgehead atoms. The fourth-order valence-corrected chi connectivity index (χ4v) is 3.40. The van der Waals surface area contributed by atoms with Gasteiger partial charge in [0, 0.05) is 14.2 Å². The lowest BCUT2D eigenvalue weighted by molar-refractivity contribution is 0.0455. The van der Waals surface area contributed by atoms with Gasteiger partial charge in [-0.3, -0.25) is 0 Å². The number of epoxide rings is 1. The Morgan fingerprint density at radius 2 is 2.00 bits per heavy atom. The molecule has 5 heteroatoms. The minimum Gasteiger partial charge on any atom is -0.396 e. The van der Waals surface area contributed by atoms with Crippen molar-refractivity contribution in [3.63, 3.8) is 0 Å². The molecule has 0 saturated carbocycles. The van der Waals surface area contributed by atoms with Crippen molar-refractivity contribution in [1.82, 2.24) is 0 Å². The first-order valence-electron chi connectivity index (χ1n) is 5.49. The zero-order chi connectivity index (χ0) is 11.3. The third-order valence-corrected chi connectivity index (χ3v) is 6.08. The van der Waals surface area contributed by atoms with E-state index in [4.69, 9.17) is 18.3 Å². The van der Waals surface area contributed by atoms with Crippen molar-refractivity contribution in [2.45, 2.75) is 38.1 Å². The summed E-state index contributed by atoms with van der Waals surface area (Å²) in [5, 5.41) is 0. The van der Waals surface area contributed by atoms with Gasteiger partial charge in [0.15, 0.2) is 0 Å². The molecule has 0 aromatic heterocycles. The van der Waals surface area contributed by atoms with E-state index in [2.05, 4.69) is 6.92 Å². The molecule has 1 rings (SSSR count). The summed E-state index contributed by atoms with van der Waals surface area (Å²) >= 11 is 0. The first kappa shape index (κ1) is 13.1. The molecule has 2 unspecified atom stereocenters. The molecular weight excluding hydrogens is 212 g/mol. The van der Waals surface area contributed by atoms with Gasteiger partial charge >= 0.3 is 8.56 Å². The molecule has 0 aromatic carbocycles. The molecule has 0 amide bonds. The van der Waals surface area contributed by atoms with Crippen molar-refractivity contribution in [1.29, 1.82) is 0 Å². The van der Waals surface area contributed by atoms with E-state index < -0.39 is 8.56 Å². The molecule has 4 nitrogen and oxygen atoms in total. The Kier molecular flexibility index (Phi) is 5.21. The number of ether oxygens (including phenoxy) is 2. The van der Waals surface area contributed by atoms with Crippen LogP contribution in [0.5, 0.6) is 0 Å². The highest BCUT2D eigenvalue weighted by atomic mass is 28.4. The van der Waals surface area contributed by atoms with Gasteiger partial charge in [-0.05, 0) is 13.0 Å². The fraction of sp³-hybridized carbons (Fsp3) is 1.00. The van der Waals surface area contributed by atoms with Gasteiger partial charge < -0.3 is 18.3 Å². The van der Waals surface area contributed by atoms with E-state index in [0.29, 0.717) is 12.7 Å². The minimum absolute atomic E-state index is 0.0988. The predicted octanol–water partition coefficient (Wildman–Crippen LogP) is 1.47. The lowest BCUT2D eigenvalue weighted by Crippen LogP contribution is -2.51. The molecule has 0 aromatic rings. The molecule has 15 heavy (non-hydrogen) atoms. The molecule has 1 fully saturated rings. The van der Waals surface area contributed by atoms with Crippen molar-refractivity contribution in [2.24, 2.45) is 0 Å². The van der Waals surface area contributed by atoms with Crippen molar-refractivity contribution in [3.05, 3.63) is 0 Å². The second kappa shape index (κ2) is 5.96. The quantitative estimate of drug-likeness (QED) is 0.471. The van der Waals surface area contributed by atoms with Gasteiger partial charge in [-0.25, -0.2) is 0 Å². The SMILES string of the molecule is CCCC(OCC1CO1)[Si](C)(OC)OC. The van der Waals surface area contributed by atoms with Gasteiger partial charge in [-0.15, -0.1) is 0 Å². The molecule has 1 aliphatic heterocycles. The molecule has 90 valence electrons. The lowest BCUT2D eigenvalue weighted by Gasteiger charge is -2.31. The third-order valence-electron chi connectivity index (χ3n) is 2.83. The maximum absolute atomic E-state index is 5.84. The Balaban J connectivity index is 2.44. The van der Waals surface area contributed by atoms with Gasteiger partial charge in [0.2, 0.25) is 0 Å². The molecule has 1 aliphatic rings. The van der Waals surface area contributed by atoms with Crippen LogP contribution in [0, 0.1) is 0 Å². The van der Waals surface area contributed by atoms with Crippen molar-refractivity contribution >= 4 is 8.56 Å². The first-order valence-corrected chi connectivity index (χ1v) is 7.89. The van der Waals surface area contributed by atoms with Crippen LogP contribution in [-0.2, 0) is 18.3 Å². The Hall–Kier alpha value is 0.0569. The van der Waals surface area contributed by atoms with E-state index in [-0.39, 0.29) is 5.73 Å².